The lowest BCUT2D eigenvalue weighted by atomic mass is 10.0. The van der Waals surface area contributed by atoms with Crippen molar-refractivity contribution >= 4 is 37.3 Å². The number of hydrogen-bond donors (Lipinski definition) is 7. The third-order valence-corrected chi connectivity index (χ3v) is 14.0. The summed E-state index contributed by atoms with van der Waals surface area (Å²) in [6.07, 6.45) is 19.9. The normalized spacial score (nSPS) is 13.5. The first kappa shape index (κ1) is 73.2. The van der Waals surface area contributed by atoms with E-state index in [0.29, 0.717) is 51.5 Å². The van der Waals surface area contributed by atoms with Gasteiger partial charge in [-0.3, -0.25) is 29.1 Å². The van der Waals surface area contributed by atoms with Gasteiger partial charge in [-0.25, -0.2) is 4.79 Å². The van der Waals surface area contributed by atoms with E-state index in [1.54, 1.807) is 27.8 Å². The van der Waals surface area contributed by atoms with Crippen molar-refractivity contribution in [2.45, 2.75) is 239 Å². The van der Waals surface area contributed by atoms with E-state index in [0.717, 1.165) is 44.9 Å². The van der Waals surface area contributed by atoms with E-state index in [1.165, 1.54) is 57.8 Å². The number of carbonyl (C=O) groups excluding carboxylic acids is 4. The Labute approximate surface area is 458 Å². The van der Waals surface area contributed by atoms with Gasteiger partial charge in [0.15, 0.2) is 0 Å². The second-order valence-electron chi connectivity index (χ2n) is 22.5. The Morgan fingerprint density at radius 2 is 0.987 bits per heavy atom. The average molecular weight is 1110 g/mol. The molecule has 76 heavy (non-hydrogen) atoms. The Bertz CT molecular complexity index is 1550. The van der Waals surface area contributed by atoms with Crippen molar-refractivity contribution in [2.75, 3.05) is 85.7 Å². The molecule has 0 bridgehead atoms. The summed E-state index contributed by atoms with van der Waals surface area (Å²) in [6, 6.07) is -1.53. The fourth-order valence-corrected chi connectivity index (χ4v) is 10.3. The highest BCUT2D eigenvalue weighted by Gasteiger charge is 2.34. The molecule has 0 rings (SSSR count). The Hall–Kier alpha value is -2.78. The van der Waals surface area contributed by atoms with Gasteiger partial charge in [0.25, 0.3) is 0 Å². The number of hydrogen-bond acceptors (Lipinski definition) is 16. The van der Waals surface area contributed by atoms with Gasteiger partial charge in [0.05, 0.1) is 63.6 Å². The summed E-state index contributed by atoms with van der Waals surface area (Å²) in [7, 11) is -1.54. The van der Waals surface area contributed by atoms with Crippen molar-refractivity contribution in [3.05, 3.63) is 0 Å². The lowest BCUT2D eigenvalue weighted by Gasteiger charge is -2.32. The van der Waals surface area contributed by atoms with E-state index in [2.05, 4.69) is 26.6 Å². The van der Waals surface area contributed by atoms with Crippen molar-refractivity contribution in [2.24, 2.45) is 0 Å². The molecule has 3 amide bonds. The van der Waals surface area contributed by atoms with E-state index in [4.69, 9.17) is 37.8 Å². The van der Waals surface area contributed by atoms with Gasteiger partial charge in [0.2, 0.25) is 17.7 Å². The standard InChI is InChI=1S/C55H108N5O15P/c1-53(2,3)73-52(67)46(60-48(62)30-25-23-21-19-17-15-13-11-12-14-16-18-20-22-24-28-42-76(68,74-54(4,5)6)75-55(7,8)9)31-32-47(61)58-34-36-69-38-41-72-44-50(64)59-35-37-70-39-40-71-43-49(63)57-33-27-26-29-45(56-10)51(65)66/h45-46,50,56,59,64H,11-44H2,1-10H3,(H,57,63)(H,58,61)(H,60,62)(H,65,66)/t45-,46-,50?/m0/s1. The molecule has 0 aromatic carbocycles. The summed E-state index contributed by atoms with van der Waals surface area (Å²) in [4.78, 5) is 61.3. The number of carboxylic acids is 1. The maximum absolute atomic E-state index is 13.3. The summed E-state index contributed by atoms with van der Waals surface area (Å²) < 4.78 is 52.4. The molecule has 0 saturated carbocycles. The first-order chi connectivity index (χ1) is 35.8. The van der Waals surface area contributed by atoms with Gasteiger partial charge in [0.1, 0.15) is 30.5 Å². The smallest absolute Gasteiger partial charge is 0.331 e. The molecule has 448 valence electrons. The van der Waals surface area contributed by atoms with Crippen LogP contribution in [0.1, 0.15) is 204 Å². The van der Waals surface area contributed by atoms with Crippen molar-refractivity contribution in [1.29, 1.82) is 0 Å². The largest absolute Gasteiger partial charge is 0.480 e. The van der Waals surface area contributed by atoms with E-state index < -0.39 is 54.6 Å². The summed E-state index contributed by atoms with van der Waals surface area (Å²) in [5, 5.41) is 33.0. The minimum atomic E-state index is -3.14. The molecular formula is C55H108N5O15P. The van der Waals surface area contributed by atoms with Crippen LogP contribution in [0.15, 0.2) is 0 Å². The van der Waals surface area contributed by atoms with Crippen LogP contribution in [0.3, 0.4) is 0 Å². The molecule has 0 saturated heterocycles. The number of aliphatic hydroxyl groups is 1. The zero-order chi connectivity index (χ0) is 57.1. The van der Waals surface area contributed by atoms with Crippen molar-refractivity contribution in [3.63, 3.8) is 0 Å². The highest BCUT2D eigenvalue weighted by atomic mass is 31.2. The van der Waals surface area contributed by atoms with Crippen LogP contribution in [-0.2, 0) is 61.3 Å². The highest BCUT2D eigenvalue weighted by molar-refractivity contribution is 7.53. The summed E-state index contributed by atoms with van der Waals surface area (Å²) >= 11 is 0. The molecule has 3 atom stereocenters. The minimum Gasteiger partial charge on any atom is -0.480 e. The average Bonchev–Trinajstić information content (AvgIpc) is 3.30. The Balaban J connectivity index is 4.00. The molecule has 0 aliphatic heterocycles. The van der Waals surface area contributed by atoms with E-state index in [1.807, 2.05) is 41.5 Å². The highest BCUT2D eigenvalue weighted by Crippen LogP contribution is 2.55. The van der Waals surface area contributed by atoms with Gasteiger partial charge in [-0.2, -0.15) is 0 Å². The molecule has 7 N–H and O–H groups in total. The second-order valence-corrected chi connectivity index (χ2v) is 24.6. The van der Waals surface area contributed by atoms with Gasteiger partial charge in [-0.1, -0.05) is 89.9 Å². The number of carboxylic acid groups (broad SMARTS) is 1. The molecule has 21 heteroatoms. The number of esters is 1. The number of ether oxygens (including phenoxy) is 5. The molecule has 1 unspecified atom stereocenters. The Morgan fingerprint density at radius 3 is 1.50 bits per heavy atom. The van der Waals surface area contributed by atoms with E-state index in [9.17, 15) is 33.6 Å². The fourth-order valence-electron chi connectivity index (χ4n) is 7.82. The lowest BCUT2D eigenvalue weighted by molar-refractivity contribution is -0.159. The maximum Gasteiger partial charge on any atom is 0.331 e. The number of rotatable bonds is 50. The molecule has 20 nitrogen and oxygen atoms in total. The monoisotopic (exact) mass is 1110 g/mol. The first-order valence-corrected chi connectivity index (χ1v) is 30.3. The van der Waals surface area contributed by atoms with Gasteiger partial charge < -0.3 is 64.2 Å². The van der Waals surface area contributed by atoms with Gasteiger partial charge >= 0.3 is 19.5 Å². The molecule has 0 aromatic rings. The number of nitrogens with one attached hydrogen (secondary N) is 5. The number of aliphatic hydroxyl groups excluding tert-OH is 1. The van der Waals surface area contributed by atoms with Crippen molar-refractivity contribution < 1.29 is 71.5 Å². The molecular weight excluding hydrogens is 1000 g/mol. The zero-order valence-corrected chi connectivity index (χ0v) is 49.8. The first-order valence-electron chi connectivity index (χ1n) is 28.5. The number of unbranched alkanes of at least 4 members (excludes halogenated alkanes) is 16. The van der Waals surface area contributed by atoms with Crippen LogP contribution < -0.4 is 26.6 Å². The second kappa shape index (κ2) is 44.0. The SMILES string of the molecule is CN[C@@H](CCCCNC(=O)COCCOCCNC(O)COCCOCCNC(=O)CC[C@H](NC(=O)CCCCCCCCCCCCCCCCCCP(=O)(OC(C)(C)C)OC(C)(C)C)C(=O)OC(C)(C)C)C(=O)O. The van der Waals surface area contributed by atoms with Gasteiger partial charge in [0, 0.05) is 32.5 Å². The van der Waals surface area contributed by atoms with Crippen LogP contribution in [0.4, 0.5) is 0 Å². The number of amides is 3. The van der Waals surface area contributed by atoms with Gasteiger partial charge in [-0.05, 0) is 108 Å². The molecule has 0 aliphatic carbocycles. The van der Waals surface area contributed by atoms with E-state index >= 15 is 0 Å². The Morgan fingerprint density at radius 1 is 0.500 bits per heavy atom. The molecule has 0 fully saturated rings. The molecule has 0 aromatic heterocycles. The van der Waals surface area contributed by atoms with Gasteiger partial charge in [-0.15, -0.1) is 0 Å². The van der Waals surface area contributed by atoms with Crippen LogP contribution in [0, 0.1) is 0 Å². The summed E-state index contributed by atoms with van der Waals surface area (Å²) in [5.74, 6) is -2.22. The summed E-state index contributed by atoms with van der Waals surface area (Å²) in [6.45, 7) is 19.3. The van der Waals surface area contributed by atoms with Crippen LogP contribution in [0.5, 0.6) is 0 Å². The zero-order valence-electron chi connectivity index (χ0n) is 48.9. The van der Waals surface area contributed by atoms with E-state index in [-0.39, 0.29) is 83.4 Å². The van der Waals surface area contributed by atoms with Crippen LogP contribution >= 0.6 is 7.60 Å². The topological polar surface area (TPSA) is 268 Å². The quantitative estimate of drug-likeness (QED) is 0.0131. The van der Waals surface area contributed by atoms with Crippen molar-refractivity contribution in [3.8, 4) is 0 Å². The predicted molar refractivity (Wildman–Crippen MR) is 297 cm³/mol. The molecule has 0 radical (unpaired) electrons. The maximum atomic E-state index is 13.3. The summed E-state index contributed by atoms with van der Waals surface area (Å²) in [5.41, 5.74) is -1.76. The number of carbonyl (C=O) groups is 5. The van der Waals surface area contributed by atoms with Crippen LogP contribution in [0.2, 0.25) is 0 Å². The molecule has 0 spiro atoms. The molecule has 0 aliphatic rings. The predicted octanol–water partition coefficient (Wildman–Crippen LogP) is 8.10. The Kier molecular flexibility index (Phi) is 42.4. The molecule has 0 heterocycles. The minimum absolute atomic E-state index is 0.0192. The van der Waals surface area contributed by atoms with Crippen LogP contribution in [0.25, 0.3) is 0 Å². The fraction of sp³-hybridized carbons (Fsp3) is 0.909. The van der Waals surface area contributed by atoms with Crippen LogP contribution in [-0.4, -0.2) is 161 Å². The number of aliphatic carboxylic acids is 1. The lowest BCUT2D eigenvalue weighted by Crippen LogP contribution is -2.44. The third kappa shape index (κ3) is 48.4. The number of likely N-dealkylation sites (N-methyl/N-ethyl adjacent to an activating group) is 1. The third-order valence-electron chi connectivity index (χ3n) is 11.4. The van der Waals surface area contributed by atoms with Crippen molar-refractivity contribution in [1.82, 2.24) is 26.6 Å².